The molecular formula is C15H17N3O3S. The van der Waals surface area contributed by atoms with Crippen LogP contribution in [0, 0.1) is 0 Å². The van der Waals surface area contributed by atoms with E-state index in [0.717, 1.165) is 12.8 Å². The Morgan fingerprint density at radius 3 is 2.95 bits per heavy atom. The summed E-state index contributed by atoms with van der Waals surface area (Å²) in [7, 11) is 1.55. The summed E-state index contributed by atoms with van der Waals surface area (Å²) in [6.45, 7) is 0. The second kappa shape index (κ2) is 6.39. The molecule has 2 N–H and O–H groups in total. The van der Waals surface area contributed by atoms with Crippen LogP contribution in [0.1, 0.15) is 19.3 Å². The molecule has 1 heterocycles. The zero-order valence-electron chi connectivity index (χ0n) is 12.2. The second-order valence-electron chi connectivity index (χ2n) is 5.21. The zero-order chi connectivity index (χ0) is 15.5. The van der Waals surface area contributed by atoms with E-state index in [1.165, 1.54) is 11.8 Å². The maximum Gasteiger partial charge on any atom is 0.240 e. The third-order valence-electron chi connectivity index (χ3n) is 3.38. The van der Waals surface area contributed by atoms with Gasteiger partial charge in [-0.25, -0.2) is 0 Å². The number of amides is 2. The third kappa shape index (κ3) is 3.59. The van der Waals surface area contributed by atoms with Crippen LogP contribution in [-0.2, 0) is 9.59 Å². The van der Waals surface area contributed by atoms with Gasteiger partial charge in [-0.1, -0.05) is 23.9 Å². The van der Waals surface area contributed by atoms with Crippen molar-refractivity contribution >= 4 is 34.4 Å². The number of carbonyl (C=O) groups excluding carboxylic acids is 2. The van der Waals surface area contributed by atoms with Crippen LogP contribution >= 0.6 is 11.8 Å². The zero-order valence-corrected chi connectivity index (χ0v) is 13.0. The van der Waals surface area contributed by atoms with Gasteiger partial charge in [-0.3, -0.25) is 14.6 Å². The van der Waals surface area contributed by atoms with Gasteiger partial charge in [0.25, 0.3) is 0 Å². The quantitative estimate of drug-likeness (QED) is 0.867. The Hall–Kier alpha value is -2.02. The molecule has 3 rings (SSSR count). The highest BCUT2D eigenvalue weighted by Crippen LogP contribution is 2.29. The summed E-state index contributed by atoms with van der Waals surface area (Å²) < 4.78 is 5.19. The van der Waals surface area contributed by atoms with Gasteiger partial charge in [0.15, 0.2) is 5.17 Å². The number of rotatable bonds is 5. The van der Waals surface area contributed by atoms with Crippen LogP contribution in [0.5, 0.6) is 5.75 Å². The van der Waals surface area contributed by atoms with Crippen molar-refractivity contribution in [3.8, 4) is 5.75 Å². The molecule has 2 aliphatic rings. The summed E-state index contributed by atoms with van der Waals surface area (Å²) in [4.78, 5) is 28.4. The van der Waals surface area contributed by atoms with Crippen LogP contribution in [0.2, 0.25) is 0 Å². The number of carbonyl (C=O) groups is 2. The largest absolute Gasteiger partial charge is 0.495 e. The molecule has 1 saturated heterocycles. The van der Waals surface area contributed by atoms with E-state index in [1.807, 2.05) is 12.1 Å². The fourth-order valence-corrected chi connectivity index (χ4v) is 3.13. The number of methoxy groups -OCH3 is 1. The molecule has 1 aromatic carbocycles. The summed E-state index contributed by atoms with van der Waals surface area (Å²) in [5, 5.41) is 5.73. The van der Waals surface area contributed by atoms with Gasteiger partial charge >= 0.3 is 0 Å². The highest BCUT2D eigenvalue weighted by Gasteiger charge is 2.33. The van der Waals surface area contributed by atoms with Crippen molar-refractivity contribution in [2.75, 3.05) is 12.4 Å². The van der Waals surface area contributed by atoms with Gasteiger partial charge in [0, 0.05) is 6.42 Å². The van der Waals surface area contributed by atoms with E-state index in [9.17, 15) is 9.59 Å². The number of anilines is 1. The van der Waals surface area contributed by atoms with Gasteiger partial charge in [0.05, 0.1) is 18.8 Å². The SMILES string of the molecule is COc1ccccc1NC(=O)CC1SC(=NC2CC2)NC1=O. The molecule has 0 spiro atoms. The number of aliphatic imine (C=N–C) groups is 1. The first-order valence-electron chi connectivity index (χ1n) is 7.14. The van der Waals surface area contributed by atoms with E-state index < -0.39 is 5.25 Å². The maximum absolute atomic E-state index is 12.1. The molecule has 0 aromatic heterocycles. The Bertz CT molecular complexity index is 628. The Kier molecular flexibility index (Phi) is 4.33. The smallest absolute Gasteiger partial charge is 0.240 e. The first-order valence-corrected chi connectivity index (χ1v) is 8.02. The minimum absolute atomic E-state index is 0.109. The van der Waals surface area contributed by atoms with Crippen molar-refractivity contribution in [2.45, 2.75) is 30.6 Å². The van der Waals surface area contributed by atoms with Crippen molar-refractivity contribution in [2.24, 2.45) is 4.99 Å². The predicted molar refractivity (Wildman–Crippen MR) is 86.2 cm³/mol. The molecular weight excluding hydrogens is 302 g/mol. The van der Waals surface area contributed by atoms with E-state index in [1.54, 1.807) is 19.2 Å². The summed E-state index contributed by atoms with van der Waals surface area (Å²) in [6.07, 6.45) is 2.27. The lowest BCUT2D eigenvalue weighted by Gasteiger charge is -2.10. The molecule has 2 fully saturated rings. The minimum Gasteiger partial charge on any atom is -0.495 e. The number of hydrogen-bond donors (Lipinski definition) is 2. The molecule has 1 unspecified atom stereocenters. The predicted octanol–water partition coefficient (Wildman–Crippen LogP) is 1.77. The number of amidine groups is 1. The molecule has 2 amide bonds. The lowest BCUT2D eigenvalue weighted by molar-refractivity contribution is -0.122. The van der Waals surface area contributed by atoms with E-state index in [4.69, 9.17) is 4.74 Å². The Morgan fingerprint density at radius 2 is 2.23 bits per heavy atom. The molecule has 6 nitrogen and oxygen atoms in total. The van der Waals surface area contributed by atoms with Crippen molar-refractivity contribution in [1.29, 1.82) is 0 Å². The highest BCUT2D eigenvalue weighted by molar-refractivity contribution is 8.15. The monoisotopic (exact) mass is 319 g/mol. The van der Waals surface area contributed by atoms with Crippen LogP contribution in [0.4, 0.5) is 5.69 Å². The number of benzene rings is 1. The first kappa shape index (κ1) is 14.9. The van der Waals surface area contributed by atoms with Crippen LogP contribution in [0.25, 0.3) is 0 Å². The van der Waals surface area contributed by atoms with Gasteiger partial charge in [-0.2, -0.15) is 0 Å². The molecule has 1 saturated carbocycles. The van der Waals surface area contributed by atoms with Crippen molar-refractivity contribution in [3.63, 3.8) is 0 Å². The maximum atomic E-state index is 12.1. The summed E-state index contributed by atoms with van der Waals surface area (Å²) in [6, 6.07) is 7.53. The lowest BCUT2D eigenvalue weighted by Crippen LogP contribution is -2.28. The highest BCUT2D eigenvalue weighted by atomic mass is 32.2. The Morgan fingerprint density at radius 1 is 1.45 bits per heavy atom. The third-order valence-corrected chi connectivity index (χ3v) is 4.47. The van der Waals surface area contributed by atoms with Crippen molar-refractivity contribution in [1.82, 2.24) is 5.32 Å². The number of hydrogen-bond acceptors (Lipinski definition) is 5. The fraction of sp³-hybridized carbons (Fsp3) is 0.400. The number of nitrogens with zero attached hydrogens (tertiary/aromatic N) is 1. The Balaban J connectivity index is 1.58. The summed E-state index contributed by atoms with van der Waals surface area (Å²) in [5.41, 5.74) is 0.602. The molecule has 0 radical (unpaired) electrons. The lowest BCUT2D eigenvalue weighted by atomic mass is 10.2. The number of thioether (sulfide) groups is 1. The van der Waals surface area contributed by atoms with Gasteiger partial charge < -0.3 is 15.4 Å². The summed E-state index contributed by atoms with van der Waals surface area (Å²) in [5.74, 6) is 0.222. The van der Waals surface area contributed by atoms with E-state index >= 15 is 0 Å². The minimum atomic E-state index is -0.424. The molecule has 7 heteroatoms. The molecule has 1 aliphatic heterocycles. The second-order valence-corrected chi connectivity index (χ2v) is 6.41. The fourth-order valence-electron chi connectivity index (χ4n) is 2.09. The number of nitrogens with one attached hydrogen (secondary N) is 2. The number of ether oxygens (including phenoxy) is 1. The molecule has 0 bridgehead atoms. The van der Waals surface area contributed by atoms with Crippen LogP contribution < -0.4 is 15.4 Å². The Labute approximate surface area is 132 Å². The van der Waals surface area contributed by atoms with Crippen molar-refractivity contribution in [3.05, 3.63) is 24.3 Å². The summed E-state index contributed by atoms with van der Waals surface area (Å²) >= 11 is 1.33. The molecule has 22 heavy (non-hydrogen) atoms. The van der Waals surface area contributed by atoms with E-state index in [0.29, 0.717) is 22.6 Å². The molecule has 1 atom stereocenters. The average molecular weight is 319 g/mol. The molecule has 1 aromatic rings. The average Bonchev–Trinajstić information content (AvgIpc) is 3.24. The molecule has 1 aliphatic carbocycles. The van der Waals surface area contributed by atoms with Gasteiger partial charge in [0.2, 0.25) is 11.8 Å². The topological polar surface area (TPSA) is 79.8 Å². The van der Waals surface area contributed by atoms with Gasteiger partial charge in [0.1, 0.15) is 11.0 Å². The van der Waals surface area contributed by atoms with Gasteiger partial charge in [-0.05, 0) is 25.0 Å². The first-order chi connectivity index (χ1) is 10.7. The standard InChI is InChI=1S/C15H17N3O3S/c1-21-11-5-3-2-4-10(11)17-13(19)8-12-14(20)18-15(22-12)16-9-6-7-9/h2-5,9,12H,6-8H2,1H3,(H,17,19)(H,16,18,20). The van der Waals surface area contributed by atoms with E-state index in [2.05, 4.69) is 15.6 Å². The van der Waals surface area contributed by atoms with Gasteiger partial charge in [-0.15, -0.1) is 0 Å². The van der Waals surface area contributed by atoms with Crippen LogP contribution in [0.15, 0.2) is 29.3 Å². The van der Waals surface area contributed by atoms with Crippen LogP contribution in [0.3, 0.4) is 0 Å². The van der Waals surface area contributed by atoms with Crippen LogP contribution in [-0.4, -0.2) is 35.4 Å². The number of para-hydroxylation sites is 2. The van der Waals surface area contributed by atoms with Crippen molar-refractivity contribution < 1.29 is 14.3 Å². The van der Waals surface area contributed by atoms with E-state index in [-0.39, 0.29) is 18.2 Å². The molecule has 116 valence electrons. The normalized spacial score (nSPS) is 22.5.